The molecule has 4 aliphatic carbocycles. The molecule has 8 atom stereocenters. The molecule has 1 aromatic rings. The fraction of sp³-hybridized carbons (Fsp3) is 0.667. The highest BCUT2D eigenvalue weighted by Gasteiger charge is 2.59. The van der Waals surface area contributed by atoms with Gasteiger partial charge in [-0.25, -0.2) is 9.40 Å². The maximum Gasteiger partial charge on any atom is 0.240 e. The fourth-order valence-corrected chi connectivity index (χ4v) is 9.20. The summed E-state index contributed by atoms with van der Waals surface area (Å²) in [6.07, 6.45) is 11.9. The van der Waals surface area contributed by atoms with E-state index in [9.17, 15) is 14.3 Å². The molecule has 5 heteroatoms. The van der Waals surface area contributed by atoms with E-state index in [1.165, 1.54) is 30.9 Å². The van der Waals surface area contributed by atoms with Crippen LogP contribution in [-0.2, 0) is 4.79 Å². The Balaban J connectivity index is 1.27. The zero-order valence-electron chi connectivity index (χ0n) is 21.3. The third-order valence-electron chi connectivity index (χ3n) is 11.0. The number of rotatable bonds is 2. The molecule has 0 aromatic heterocycles. The standard InChI is InChI=1S/C30H39FN2O2/c1-18(34)33-28(19-5-4-6-21(31)15-19)17-27(32-33)26-10-9-24-23-8-7-20-16-22(35)11-13-29(20,2)25(23)12-14-30(24,26)3/h4-7,15,22-26,28,35H,8-14,16-17H2,1-3H3/t22?,23-,24-,25-,26?,28?,29-,30-/m0/s1. The van der Waals surface area contributed by atoms with Gasteiger partial charge in [0, 0.05) is 25.0 Å². The largest absolute Gasteiger partial charge is 0.393 e. The SMILES string of the molecule is CC(=O)N1N=C(C2CC[C@H]3[C@@H]4CC=C5CC(O)CC[C@]5(C)[C@H]4CC[C@]23C)CC1c1cccc(F)c1. The molecule has 1 aliphatic heterocycles. The molecule has 188 valence electrons. The lowest BCUT2D eigenvalue weighted by Crippen LogP contribution is -2.51. The Morgan fingerprint density at radius 3 is 2.71 bits per heavy atom. The van der Waals surface area contributed by atoms with Gasteiger partial charge in [0.25, 0.3) is 0 Å². The van der Waals surface area contributed by atoms with E-state index in [-0.39, 0.29) is 34.7 Å². The van der Waals surface area contributed by atoms with E-state index >= 15 is 0 Å². The van der Waals surface area contributed by atoms with Gasteiger partial charge in [-0.1, -0.05) is 37.6 Å². The fourth-order valence-electron chi connectivity index (χ4n) is 9.20. The first kappa shape index (κ1) is 23.4. The van der Waals surface area contributed by atoms with Crippen LogP contribution in [0.3, 0.4) is 0 Å². The van der Waals surface area contributed by atoms with Gasteiger partial charge in [-0.15, -0.1) is 0 Å². The number of hydrogen-bond acceptors (Lipinski definition) is 3. The first-order valence-electron chi connectivity index (χ1n) is 13.7. The number of allylic oxidation sites excluding steroid dienone is 1. The summed E-state index contributed by atoms with van der Waals surface area (Å²) in [4.78, 5) is 12.5. The van der Waals surface area contributed by atoms with E-state index in [0.717, 1.165) is 43.4 Å². The number of fused-ring (bicyclic) bond motifs is 5. The topological polar surface area (TPSA) is 52.9 Å². The maximum absolute atomic E-state index is 14.0. The molecule has 1 N–H and O–H groups in total. The lowest BCUT2D eigenvalue weighted by atomic mass is 9.47. The lowest BCUT2D eigenvalue weighted by Gasteiger charge is -2.58. The number of aliphatic hydroxyl groups is 1. The molecule has 4 nitrogen and oxygen atoms in total. The monoisotopic (exact) mass is 478 g/mol. The number of nitrogens with zero attached hydrogens (tertiary/aromatic N) is 2. The highest BCUT2D eigenvalue weighted by Crippen LogP contribution is 2.66. The first-order valence-corrected chi connectivity index (χ1v) is 13.7. The van der Waals surface area contributed by atoms with Gasteiger partial charge in [-0.2, -0.15) is 5.10 Å². The van der Waals surface area contributed by atoms with Gasteiger partial charge in [-0.05, 0) is 97.6 Å². The van der Waals surface area contributed by atoms with Crippen LogP contribution in [0.2, 0.25) is 0 Å². The molecule has 0 spiro atoms. The van der Waals surface area contributed by atoms with Crippen LogP contribution in [-0.4, -0.2) is 27.8 Å². The lowest BCUT2D eigenvalue weighted by molar-refractivity contribution is -0.130. The van der Waals surface area contributed by atoms with E-state index in [2.05, 4.69) is 19.9 Å². The summed E-state index contributed by atoms with van der Waals surface area (Å²) in [7, 11) is 0. The zero-order valence-corrected chi connectivity index (χ0v) is 21.3. The Morgan fingerprint density at radius 1 is 1.11 bits per heavy atom. The third-order valence-corrected chi connectivity index (χ3v) is 11.0. The van der Waals surface area contributed by atoms with E-state index in [4.69, 9.17) is 5.10 Å². The van der Waals surface area contributed by atoms with Crippen LogP contribution in [0.5, 0.6) is 0 Å². The van der Waals surface area contributed by atoms with Gasteiger partial charge >= 0.3 is 0 Å². The maximum atomic E-state index is 14.0. The Hall–Kier alpha value is -2.01. The number of carbonyl (C=O) groups is 1. The molecule has 35 heavy (non-hydrogen) atoms. The molecule has 0 bridgehead atoms. The van der Waals surface area contributed by atoms with Crippen molar-refractivity contribution < 1.29 is 14.3 Å². The third kappa shape index (κ3) is 3.55. The number of hydrogen-bond donors (Lipinski definition) is 1. The molecular formula is C30H39FN2O2. The van der Waals surface area contributed by atoms with E-state index in [1.54, 1.807) is 24.1 Å². The van der Waals surface area contributed by atoms with Crippen molar-refractivity contribution in [2.45, 2.75) is 90.7 Å². The van der Waals surface area contributed by atoms with E-state index in [0.29, 0.717) is 30.1 Å². The summed E-state index contributed by atoms with van der Waals surface area (Å²) >= 11 is 0. The Bertz CT molecular complexity index is 1100. The molecule has 0 saturated heterocycles. The van der Waals surface area contributed by atoms with Crippen molar-refractivity contribution in [2.24, 2.45) is 39.6 Å². The number of hydrazone groups is 1. The zero-order chi connectivity index (χ0) is 24.5. The molecular weight excluding hydrogens is 439 g/mol. The average molecular weight is 479 g/mol. The summed E-state index contributed by atoms with van der Waals surface area (Å²) in [5, 5.41) is 16.8. The second-order valence-corrected chi connectivity index (χ2v) is 12.6. The van der Waals surface area contributed by atoms with Crippen LogP contribution < -0.4 is 0 Å². The summed E-state index contributed by atoms with van der Waals surface area (Å²) in [6, 6.07) is 6.45. The number of carbonyl (C=O) groups excluding carboxylic acids is 1. The van der Waals surface area contributed by atoms with Crippen LogP contribution in [0.25, 0.3) is 0 Å². The number of benzene rings is 1. The molecule has 3 unspecified atom stereocenters. The Morgan fingerprint density at radius 2 is 1.94 bits per heavy atom. The number of halogens is 1. The summed E-state index contributed by atoms with van der Waals surface area (Å²) < 4.78 is 14.0. The quantitative estimate of drug-likeness (QED) is 0.499. The summed E-state index contributed by atoms with van der Waals surface area (Å²) in [5.41, 5.74) is 3.96. The number of aliphatic hydroxyl groups excluding tert-OH is 1. The molecule has 1 amide bonds. The minimum absolute atomic E-state index is 0.0740. The normalized spacial score (nSPS) is 42.6. The van der Waals surface area contributed by atoms with E-state index < -0.39 is 0 Å². The molecule has 1 aromatic carbocycles. The van der Waals surface area contributed by atoms with E-state index in [1.807, 2.05) is 6.07 Å². The van der Waals surface area contributed by atoms with Crippen molar-refractivity contribution >= 4 is 11.6 Å². The predicted molar refractivity (Wildman–Crippen MR) is 135 cm³/mol. The van der Waals surface area contributed by atoms with Gasteiger partial charge in [0.1, 0.15) is 5.82 Å². The van der Waals surface area contributed by atoms with Gasteiger partial charge in [0.2, 0.25) is 5.91 Å². The second-order valence-electron chi connectivity index (χ2n) is 12.6. The van der Waals surface area contributed by atoms with Crippen LogP contribution >= 0.6 is 0 Å². The second kappa shape index (κ2) is 8.26. The highest BCUT2D eigenvalue weighted by atomic mass is 19.1. The first-order chi connectivity index (χ1) is 16.7. The van der Waals surface area contributed by atoms with Crippen molar-refractivity contribution in [3.63, 3.8) is 0 Å². The smallest absolute Gasteiger partial charge is 0.240 e. The van der Waals surface area contributed by atoms with Crippen LogP contribution in [0, 0.1) is 40.3 Å². The van der Waals surface area contributed by atoms with Crippen LogP contribution in [0.1, 0.15) is 90.2 Å². The van der Waals surface area contributed by atoms with Crippen molar-refractivity contribution in [1.29, 1.82) is 0 Å². The Labute approximate surface area is 208 Å². The predicted octanol–water partition coefficient (Wildman–Crippen LogP) is 6.41. The summed E-state index contributed by atoms with van der Waals surface area (Å²) in [6.45, 7) is 6.54. The van der Waals surface area contributed by atoms with Crippen molar-refractivity contribution in [2.75, 3.05) is 0 Å². The molecule has 3 fully saturated rings. The minimum Gasteiger partial charge on any atom is -0.393 e. The highest BCUT2D eigenvalue weighted by molar-refractivity contribution is 5.92. The van der Waals surface area contributed by atoms with Crippen molar-refractivity contribution in [3.05, 3.63) is 47.3 Å². The Kier molecular flexibility index (Phi) is 5.52. The molecule has 6 rings (SSSR count). The average Bonchev–Trinajstić information content (AvgIpc) is 3.41. The van der Waals surface area contributed by atoms with Gasteiger partial charge < -0.3 is 5.11 Å². The van der Waals surface area contributed by atoms with Crippen LogP contribution in [0.15, 0.2) is 41.0 Å². The summed E-state index contributed by atoms with van der Waals surface area (Å²) in [5.74, 6) is 2.14. The molecule has 0 radical (unpaired) electrons. The number of amides is 1. The molecule has 1 heterocycles. The van der Waals surface area contributed by atoms with Crippen molar-refractivity contribution in [3.8, 4) is 0 Å². The minimum atomic E-state index is -0.265. The molecule has 3 saturated carbocycles. The molecule has 5 aliphatic rings. The van der Waals surface area contributed by atoms with Gasteiger partial charge in [-0.3, -0.25) is 4.79 Å². The van der Waals surface area contributed by atoms with Crippen LogP contribution in [0.4, 0.5) is 4.39 Å². The van der Waals surface area contributed by atoms with Crippen molar-refractivity contribution in [1.82, 2.24) is 5.01 Å². The van der Waals surface area contributed by atoms with Gasteiger partial charge in [0.15, 0.2) is 0 Å². The van der Waals surface area contributed by atoms with Gasteiger partial charge in [0.05, 0.1) is 12.1 Å².